The van der Waals surface area contributed by atoms with Crippen molar-refractivity contribution >= 4 is 5.91 Å². The zero-order chi connectivity index (χ0) is 12.0. The van der Waals surface area contributed by atoms with E-state index in [4.69, 9.17) is 10.8 Å². The summed E-state index contributed by atoms with van der Waals surface area (Å²) in [6, 6.07) is -0.685. The van der Waals surface area contributed by atoms with E-state index < -0.39 is 6.04 Å². The van der Waals surface area contributed by atoms with Crippen molar-refractivity contribution in [1.29, 1.82) is 0 Å². The van der Waals surface area contributed by atoms with Gasteiger partial charge in [0.2, 0.25) is 5.91 Å². The maximum Gasteiger partial charge on any atom is 0.237 e. The lowest BCUT2D eigenvalue weighted by molar-refractivity contribution is -0.124. The lowest BCUT2D eigenvalue weighted by Crippen LogP contribution is -2.50. The standard InChI is InChI=1S/C11H24N2O2/c1-5-8(4)10(12)11(15)13-9(6-14)7(2)3/h7-10,14H,5-6,12H2,1-4H3,(H,13,15)/t8-,9?,10-/m0/s1. The number of nitrogens with one attached hydrogen (secondary N) is 1. The van der Waals surface area contributed by atoms with Crippen LogP contribution in [-0.4, -0.2) is 29.7 Å². The predicted octanol–water partition coefficient (Wildman–Crippen LogP) is 0.493. The average molecular weight is 216 g/mol. The molecule has 4 nitrogen and oxygen atoms in total. The molecule has 3 atom stereocenters. The fourth-order valence-corrected chi connectivity index (χ4v) is 1.21. The number of aliphatic hydroxyl groups excluding tert-OH is 1. The molecule has 0 aliphatic rings. The molecular weight excluding hydrogens is 192 g/mol. The lowest BCUT2D eigenvalue weighted by atomic mass is 9.98. The first-order valence-electron chi connectivity index (χ1n) is 5.60. The van der Waals surface area contributed by atoms with E-state index in [9.17, 15) is 4.79 Å². The maximum absolute atomic E-state index is 11.7. The molecule has 0 aliphatic heterocycles. The van der Waals surface area contributed by atoms with Crippen LogP contribution >= 0.6 is 0 Å². The lowest BCUT2D eigenvalue weighted by Gasteiger charge is -2.24. The van der Waals surface area contributed by atoms with Gasteiger partial charge in [0.1, 0.15) is 0 Å². The van der Waals surface area contributed by atoms with Crippen LogP contribution in [0, 0.1) is 11.8 Å². The Hall–Kier alpha value is -0.610. The molecule has 0 heterocycles. The molecular formula is C11H24N2O2. The molecule has 1 amide bonds. The molecule has 0 radical (unpaired) electrons. The summed E-state index contributed by atoms with van der Waals surface area (Å²) in [6.07, 6.45) is 0.875. The minimum absolute atomic E-state index is 0.0450. The topological polar surface area (TPSA) is 75.4 Å². The van der Waals surface area contributed by atoms with Gasteiger partial charge in [0.05, 0.1) is 18.7 Å². The third kappa shape index (κ3) is 4.62. The Labute approximate surface area is 92.2 Å². The number of hydrogen-bond acceptors (Lipinski definition) is 3. The van der Waals surface area contributed by atoms with Gasteiger partial charge in [-0.3, -0.25) is 4.79 Å². The molecule has 0 aromatic rings. The normalized spacial score (nSPS) is 17.3. The third-order valence-corrected chi connectivity index (χ3v) is 2.89. The van der Waals surface area contributed by atoms with E-state index >= 15 is 0 Å². The molecule has 0 spiro atoms. The number of nitrogens with two attached hydrogens (primary N) is 1. The Balaban J connectivity index is 4.22. The van der Waals surface area contributed by atoms with Crippen molar-refractivity contribution in [2.45, 2.75) is 46.2 Å². The molecule has 0 fully saturated rings. The first kappa shape index (κ1) is 14.4. The average Bonchev–Trinajstić information content (AvgIpc) is 2.22. The molecule has 4 heteroatoms. The Morgan fingerprint density at radius 1 is 1.40 bits per heavy atom. The van der Waals surface area contributed by atoms with Crippen LogP contribution in [0.2, 0.25) is 0 Å². The third-order valence-electron chi connectivity index (χ3n) is 2.89. The van der Waals surface area contributed by atoms with Gasteiger partial charge in [-0.25, -0.2) is 0 Å². The number of carbonyl (C=O) groups excluding carboxylic acids is 1. The highest BCUT2D eigenvalue weighted by Crippen LogP contribution is 2.07. The van der Waals surface area contributed by atoms with Gasteiger partial charge in [0.15, 0.2) is 0 Å². The smallest absolute Gasteiger partial charge is 0.237 e. The molecule has 0 saturated heterocycles. The molecule has 0 aromatic carbocycles. The first-order chi connectivity index (χ1) is 6.93. The molecule has 0 saturated carbocycles. The monoisotopic (exact) mass is 216 g/mol. The van der Waals surface area contributed by atoms with E-state index in [1.165, 1.54) is 0 Å². The largest absolute Gasteiger partial charge is 0.394 e. The summed E-state index contributed by atoms with van der Waals surface area (Å²) in [5.74, 6) is 0.205. The van der Waals surface area contributed by atoms with Gasteiger partial charge >= 0.3 is 0 Å². The van der Waals surface area contributed by atoms with Gasteiger partial charge in [0, 0.05) is 0 Å². The van der Waals surface area contributed by atoms with Crippen molar-refractivity contribution in [3.8, 4) is 0 Å². The Morgan fingerprint density at radius 2 is 1.93 bits per heavy atom. The number of hydrogen-bond donors (Lipinski definition) is 3. The quantitative estimate of drug-likeness (QED) is 0.605. The van der Waals surface area contributed by atoms with Gasteiger partial charge in [-0.15, -0.1) is 0 Å². The zero-order valence-corrected chi connectivity index (χ0v) is 10.2. The highest BCUT2D eigenvalue weighted by atomic mass is 16.3. The van der Waals surface area contributed by atoms with E-state index in [0.717, 1.165) is 6.42 Å². The summed E-state index contributed by atoms with van der Waals surface area (Å²) in [4.78, 5) is 11.7. The van der Waals surface area contributed by atoms with Crippen LogP contribution in [0.25, 0.3) is 0 Å². The van der Waals surface area contributed by atoms with E-state index in [2.05, 4.69) is 5.32 Å². The van der Waals surface area contributed by atoms with Crippen molar-refractivity contribution in [2.24, 2.45) is 17.6 Å². The molecule has 90 valence electrons. The number of carbonyl (C=O) groups is 1. The number of amides is 1. The summed E-state index contributed by atoms with van der Waals surface area (Å²) in [5.41, 5.74) is 5.78. The van der Waals surface area contributed by atoms with Crippen molar-refractivity contribution < 1.29 is 9.90 Å². The van der Waals surface area contributed by atoms with Crippen LogP contribution in [0.1, 0.15) is 34.1 Å². The first-order valence-corrected chi connectivity index (χ1v) is 5.60. The summed E-state index contributed by atoms with van der Waals surface area (Å²) in [5, 5.41) is 11.8. The molecule has 0 bridgehead atoms. The summed E-state index contributed by atoms with van der Waals surface area (Å²) < 4.78 is 0. The van der Waals surface area contributed by atoms with Crippen LogP contribution < -0.4 is 11.1 Å². The maximum atomic E-state index is 11.7. The number of aliphatic hydroxyl groups is 1. The fraction of sp³-hybridized carbons (Fsp3) is 0.909. The Kier molecular flexibility index (Phi) is 6.52. The second-order valence-electron chi connectivity index (χ2n) is 4.45. The Bertz CT molecular complexity index is 195. The van der Waals surface area contributed by atoms with Crippen molar-refractivity contribution in [3.63, 3.8) is 0 Å². The van der Waals surface area contributed by atoms with Crippen LogP contribution in [0.5, 0.6) is 0 Å². The number of rotatable bonds is 6. The highest BCUT2D eigenvalue weighted by molar-refractivity contribution is 5.82. The summed E-state index contributed by atoms with van der Waals surface area (Å²) >= 11 is 0. The van der Waals surface area contributed by atoms with Gasteiger partial charge in [0.25, 0.3) is 0 Å². The summed E-state index contributed by atoms with van der Waals surface area (Å²) in [7, 11) is 0. The fourth-order valence-electron chi connectivity index (χ4n) is 1.21. The zero-order valence-electron chi connectivity index (χ0n) is 10.2. The molecule has 4 N–H and O–H groups in total. The molecule has 0 aliphatic carbocycles. The highest BCUT2D eigenvalue weighted by Gasteiger charge is 2.22. The van der Waals surface area contributed by atoms with Crippen LogP contribution in [0.3, 0.4) is 0 Å². The van der Waals surface area contributed by atoms with E-state index in [1.807, 2.05) is 27.7 Å². The van der Waals surface area contributed by atoms with E-state index in [0.29, 0.717) is 0 Å². The summed E-state index contributed by atoms with van der Waals surface area (Å²) in [6.45, 7) is 7.82. The van der Waals surface area contributed by atoms with Crippen LogP contribution in [0.15, 0.2) is 0 Å². The van der Waals surface area contributed by atoms with Crippen molar-refractivity contribution in [1.82, 2.24) is 5.32 Å². The van der Waals surface area contributed by atoms with Gasteiger partial charge < -0.3 is 16.2 Å². The minimum atomic E-state index is -0.484. The predicted molar refractivity (Wildman–Crippen MR) is 61.3 cm³/mol. The van der Waals surface area contributed by atoms with Gasteiger partial charge in [-0.1, -0.05) is 34.1 Å². The second kappa shape index (κ2) is 6.80. The van der Waals surface area contributed by atoms with E-state index in [-0.39, 0.29) is 30.4 Å². The molecule has 1 unspecified atom stereocenters. The van der Waals surface area contributed by atoms with E-state index in [1.54, 1.807) is 0 Å². The minimum Gasteiger partial charge on any atom is -0.394 e. The van der Waals surface area contributed by atoms with Crippen LogP contribution in [0.4, 0.5) is 0 Å². The van der Waals surface area contributed by atoms with Crippen molar-refractivity contribution in [2.75, 3.05) is 6.61 Å². The van der Waals surface area contributed by atoms with Crippen LogP contribution in [-0.2, 0) is 4.79 Å². The molecule has 15 heavy (non-hydrogen) atoms. The van der Waals surface area contributed by atoms with Crippen molar-refractivity contribution in [3.05, 3.63) is 0 Å². The SMILES string of the molecule is CC[C@H](C)[C@H](N)C(=O)NC(CO)C(C)C. The molecule has 0 aromatic heterocycles. The van der Waals surface area contributed by atoms with Gasteiger partial charge in [-0.2, -0.15) is 0 Å². The Morgan fingerprint density at radius 3 is 2.27 bits per heavy atom. The second-order valence-corrected chi connectivity index (χ2v) is 4.45. The molecule has 0 rings (SSSR count). The van der Waals surface area contributed by atoms with Gasteiger partial charge in [-0.05, 0) is 11.8 Å².